The maximum atomic E-state index is 17.0. The van der Waals surface area contributed by atoms with Crippen LogP contribution in [0.4, 0.5) is 4.39 Å². The first-order chi connectivity index (χ1) is 25.7. The second-order valence-electron chi connectivity index (χ2n) is 13.5. The van der Waals surface area contributed by atoms with E-state index in [0.29, 0.717) is 11.1 Å². The van der Waals surface area contributed by atoms with Crippen molar-refractivity contribution < 1.29 is 4.39 Å². The average molecular weight is 669 g/mol. The lowest BCUT2D eigenvalue weighted by molar-refractivity contribution is 0.402. The van der Waals surface area contributed by atoms with Crippen molar-refractivity contribution in [1.29, 1.82) is 0 Å². The van der Waals surface area contributed by atoms with Gasteiger partial charge in [0.1, 0.15) is 5.82 Å². The number of nitrogens with zero attached hydrogens (tertiary/aromatic N) is 4. The lowest BCUT2D eigenvalue weighted by Gasteiger charge is -2.14. The summed E-state index contributed by atoms with van der Waals surface area (Å²) in [6.07, 6.45) is 2.28. The highest BCUT2D eigenvalue weighted by molar-refractivity contribution is 6.26. The summed E-state index contributed by atoms with van der Waals surface area (Å²) < 4.78 is 21.6. The molecular formula is C47H29FN4. The summed E-state index contributed by atoms with van der Waals surface area (Å²) in [5.74, 6) is 0.786. The highest BCUT2D eigenvalue weighted by Crippen LogP contribution is 2.43. The number of hydrogen-bond donors (Lipinski definition) is 0. The van der Waals surface area contributed by atoms with Crippen molar-refractivity contribution in [2.24, 2.45) is 0 Å². The minimum Gasteiger partial charge on any atom is -0.309 e. The van der Waals surface area contributed by atoms with Crippen molar-refractivity contribution in [1.82, 2.24) is 19.1 Å². The third-order valence-corrected chi connectivity index (χ3v) is 10.7. The highest BCUT2D eigenvalue weighted by atomic mass is 19.1. The van der Waals surface area contributed by atoms with Crippen molar-refractivity contribution in [3.8, 4) is 11.5 Å². The molecule has 4 heterocycles. The van der Waals surface area contributed by atoms with Crippen LogP contribution >= 0.6 is 0 Å². The Bertz CT molecular complexity index is 3160. The number of para-hydroxylation sites is 2. The molecule has 1 unspecified atom stereocenters. The zero-order valence-electron chi connectivity index (χ0n) is 27.9. The van der Waals surface area contributed by atoms with Crippen molar-refractivity contribution in [3.63, 3.8) is 0 Å². The van der Waals surface area contributed by atoms with E-state index >= 15 is 4.39 Å². The maximum absolute atomic E-state index is 17.0. The molecule has 4 nitrogen and oxygen atoms in total. The molecule has 0 aliphatic heterocycles. The molecule has 0 saturated heterocycles. The van der Waals surface area contributed by atoms with E-state index in [1.807, 2.05) is 67.0 Å². The standard InChI is InChI=1S/C47H29FN4/c48-45(29-19-21-34-32-13-4-5-14-33(32)36-16-10-26-50-46(36)39(34)27-29)30-20-22-35-37-23-24-41-44(47(37)52(42(35)28-30)43-18-8-9-25-49-43)38-15-6-7-17-40(38)51(41)31-11-2-1-3-12-31/h1-28,45H. The second kappa shape index (κ2) is 11.1. The quantitative estimate of drug-likeness (QED) is 0.175. The molecule has 52 heavy (non-hydrogen) atoms. The molecule has 0 amide bonds. The van der Waals surface area contributed by atoms with E-state index in [1.165, 1.54) is 0 Å². The summed E-state index contributed by atoms with van der Waals surface area (Å²) in [7, 11) is 0. The summed E-state index contributed by atoms with van der Waals surface area (Å²) in [4.78, 5) is 9.63. The van der Waals surface area contributed by atoms with Gasteiger partial charge in [-0.2, -0.15) is 0 Å². The summed E-state index contributed by atoms with van der Waals surface area (Å²) in [5, 5.41) is 9.82. The number of pyridine rings is 2. The maximum Gasteiger partial charge on any atom is 0.150 e. The van der Waals surface area contributed by atoms with Gasteiger partial charge in [-0.1, -0.05) is 103 Å². The molecule has 1 atom stereocenters. The van der Waals surface area contributed by atoms with E-state index in [1.54, 1.807) is 0 Å². The van der Waals surface area contributed by atoms with Crippen LogP contribution in [0.15, 0.2) is 170 Å². The van der Waals surface area contributed by atoms with E-state index in [-0.39, 0.29) is 0 Å². The van der Waals surface area contributed by atoms with Crippen LogP contribution in [-0.4, -0.2) is 19.1 Å². The first kappa shape index (κ1) is 28.9. The fraction of sp³-hybridized carbons (Fsp3) is 0.0213. The molecule has 0 aliphatic carbocycles. The van der Waals surface area contributed by atoms with Gasteiger partial charge in [0, 0.05) is 50.4 Å². The van der Waals surface area contributed by atoms with Gasteiger partial charge in [-0.15, -0.1) is 0 Å². The van der Waals surface area contributed by atoms with E-state index in [4.69, 9.17) is 9.97 Å². The molecule has 4 aromatic heterocycles. The van der Waals surface area contributed by atoms with Crippen molar-refractivity contribution in [2.45, 2.75) is 6.17 Å². The smallest absolute Gasteiger partial charge is 0.150 e. The molecule has 7 aromatic carbocycles. The Hall–Kier alpha value is -6.85. The number of fused-ring (bicyclic) bond motifs is 13. The number of rotatable bonds is 4. The number of alkyl halides is 1. The van der Waals surface area contributed by atoms with Gasteiger partial charge in [-0.3, -0.25) is 9.55 Å². The number of halogens is 1. The van der Waals surface area contributed by atoms with Gasteiger partial charge in [-0.25, -0.2) is 9.37 Å². The Kier molecular flexibility index (Phi) is 6.16. The lowest BCUT2D eigenvalue weighted by atomic mass is 9.93. The van der Waals surface area contributed by atoms with Gasteiger partial charge in [0.25, 0.3) is 0 Å². The monoisotopic (exact) mass is 668 g/mol. The van der Waals surface area contributed by atoms with E-state index in [9.17, 15) is 0 Å². The number of hydrogen-bond acceptors (Lipinski definition) is 2. The predicted molar refractivity (Wildman–Crippen MR) is 213 cm³/mol. The fourth-order valence-electron chi connectivity index (χ4n) is 8.44. The van der Waals surface area contributed by atoms with Crippen LogP contribution in [0, 0.1) is 0 Å². The van der Waals surface area contributed by atoms with Crippen LogP contribution in [0.1, 0.15) is 17.3 Å². The van der Waals surface area contributed by atoms with Crippen LogP contribution in [-0.2, 0) is 0 Å². The largest absolute Gasteiger partial charge is 0.309 e. The normalized spacial score (nSPS) is 12.6. The lowest BCUT2D eigenvalue weighted by Crippen LogP contribution is -1.99. The molecule has 0 radical (unpaired) electrons. The summed E-state index contributed by atoms with van der Waals surface area (Å²) in [5.41, 5.74) is 7.38. The third-order valence-electron chi connectivity index (χ3n) is 10.7. The van der Waals surface area contributed by atoms with Crippen LogP contribution in [0.5, 0.6) is 0 Å². The first-order valence-electron chi connectivity index (χ1n) is 17.5. The zero-order chi connectivity index (χ0) is 34.3. The number of benzene rings is 7. The summed E-state index contributed by atoms with van der Waals surface area (Å²) >= 11 is 0. The molecule has 244 valence electrons. The zero-order valence-corrected chi connectivity index (χ0v) is 27.9. The molecule has 0 aliphatic rings. The van der Waals surface area contributed by atoms with E-state index < -0.39 is 6.17 Å². The molecule has 11 rings (SSSR count). The first-order valence-corrected chi connectivity index (χ1v) is 17.5. The van der Waals surface area contributed by atoms with Gasteiger partial charge in [0.05, 0.1) is 27.6 Å². The molecular weight excluding hydrogens is 640 g/mol. The van der Waals surface area contributed by atoms with Crippen LogP contribution in [0.3, 0.4) is 0 Å². The topological polar surface area (TPSA) is 35.6 Å². The molecule has 0 fully saturated rings. The minimum absolute atomic E-state index is 0.591. The molecule has 11 aromatic rings. The Balaban J connectivity index is 1.17. The Morgan fingerprint density at radius 1 is 0.423 bits per heavy atom. The Morgan fingerprint density at radius 2 is 1.08 bits per heavy atom. The molecule has 0 N–H and O–H groups in total. The highest BCUT2D eigenvalue weighted by Gasteiger charge is 2.23. The second-order valence-corrected chi connectivity index (χ2v) is 13.5. The van der Waals surface area contributed by atoms with Crippen LogP contribution < -0.4 is 0 Å². The van der Waals surface area contributed by atoms with Crippen LogP contribution in [0.2, 0.25) is 0 Å². The summed E-state index contributed by atoms with van der Waals surface area (Å²) in [6.45, 7) is 0. The van der Waals surface area contributed by atoms with E-state index in [0.717, 1.165) is 87.6 Å². The number of aromatic nitrogens is 4. The predicted octanol–water partition coefficient (Wildman–Crippen LogP) is 12.2. The fourth-order valence-corrected chi connectivity index (χ4v) is 8.44. The van der Waals surface area contributed by atoms with Gasteiger partial charge < -0.3 is 4.57 Å². The van der Waals surface area contributed by atoms with Gasteiger partial charge in [0.15, 0.2) is 6.17 Å². The molecule has 5 heteroatoms. The van der Waals surface area contributed by atoms with E-state index in [2.05, 4.69) is 112 Å². The Morgan fingerprint density at radius 3 is 1.90 bits per heavy atom. The SMILES string of the molecule is FC(c1ccc2c3ccccc3c3cccnc3c2c1)c1ccc2c3ccc4c(c5ccccc5n4-c4ccccc4)c3n(-c3ccccn3)c2c1. The summed E-state index contributed by atoms with van der Waals surface area (Å²) in [6, 6.07) is 53.9. The van der Waals surface area contributed by atoms with Gasteiger partial charge in [-0.05, 0) is 81.9 Å². The Labute approximate surface area is 297 Å². The average Bonchev–Trinajstić information content (AvgIpc) is 3.73. The molecule has 0 saturated carbocycles. The third kappa shape index (κ3) is 4.08. The van der Waals surface area contributed by atoms with Crippen LogP contribution in [0.25, 0.3) is 87.6 Å². The minimum atomic E-state index is -1.35. The molecule has 0 spiro atoms. The molecule has 0 bridgehead atoms. The van der Waals surface area contributed by atoms with Crippen molar-refractivity contribution >= 4 is 76.1 Å². The van der Waals surface area contributed by atoms with Gasteiger partial charge in [0.2, 0.25) is 0 Å². The van der Waals surface area contributed by atoms with Crippen molar-refractivity contribution in [3.05, 3.63) is 181 Å². The van der Waals surface area contributed by atoms with Gasteiger partial charge >= 0.3 is 0 Å². The van der Waals surface area contributed by atoms with Crippen molar-refractivity contribution in [2.75, 3.05) is 0 Å².